The van der Waals surface area contributed by atoms with Gasteiger partial charge in [0.25, 0.3) is 5.56 Å². The number of carbonyl (C=O) groups excluding carboxylic acids is 1. The molecule has 3 aliphatic rings. The lowest BCUT2D eigenvalue weighted by molar-refractivity contribution is -0.134. The van der Waals surface area contributed by atoms with Gasteiger partial charge in [-0.1, -0.05) is 26.2 Å². The molecule has 1 N–H and O–H groups in total. The van der Waals surface area contributed by atoms with Gasteiger partial charge in [0.2, 0.25) is 5.91 Å². The van der Waals surface area contributed by atoms with Gasteiger partial charge in [-0.15, -0.1) is 0 Å². The lowest BCUT2D eigenvalue weighted by atomic mass is 9.92. The molecule has 27 heavy (non-hydrogen) atoms. The Balaban J connectivity index is 1.60. The quantitative estimate of drug-likeness (QED) is 0.886. The van der Waals surface area contributed by atoms with Crippen molar-refractivity contribution in [2.45, 2.75) is 89.8 Å². The van der Waals surface area contributed by atoms with Crippen LogP contribution in [0, 0.1) is 0 Å². The predicted octanol–water partition coefficient (Wildman–Crippen LogP) is 2.92. The van der Waals surface area contributed by atoms with E-state index in [4.69, 9.17) is 4.98 Å². The van der Waals surface area contributed by atoms with Crippen LogP contribution < -0.4 is 5.56 Å². The Morgan fingerprint density at radius 1 is 1.11 bits per heavy atom. The second-order valence-corrected chi connectivity index (χ2v) is 8.34. The molecule has 1 saturated carbocycles. The number of amides is 1. The third-order valence-electron chi connectivity index (χ3n) is 6.65. The molecule has 4 rings (SSSR count). The van der Waals surface area contributed by atoms with Crippen molar-refractivity contribution >= 4 is 5.91 Å². The fourth-order valence-corrected chi connectivity index (χ4v) is 5.11. The number of hydrogen-bond donors (Lipinski definition) is 1. The minimum Gasteiger partial charge on any atom is -0.333 e. The van der Waals surface area contributed by atoms with E-state index in [1.54, 1.807) is 0 Å². The highest BCUT2D eigenvalue weighted by atomic mass is 16.2. The Labute approximate surface area is 161 Å². The standard InChI is InChI=1S/C21H32N4O2/c1-2-19(26)25-12-7-6-10-18(25)20-22-17-14-24(15-8-4-3-5-9-15)13-11-16(17)21(27)23-20/h15,18H,2-14H2,1H3,(H,22,23,27). The minimum atomic E-state index is -0.0748. The van der Waals surface area contributed by atoms with E-state index in [2.05, 4.69) is 9.88 Å². The summed E-state index contributed by atoms with van der Waals surface area (Å²) in [5.74, 6) is 0.856. The van der Waals surface area contributed by atoms with Crippen LogP contribution in [0.25, 0.3) is 0 Å². The molecule has 3 heterocycles. The molecule has 1 aromatic heterocycles. The maximum atomic E-state index is 12.7. The summed E-state index contributed by atoms with van der Waals surface area (Å²) in [4.78, 5) is 37.5. The number of nitrogens with zero attached hydrogens (tertiary/aromatic N) is 3. The van der Waals surface area contributed by atoms with Crippen molar-refractivity contribution in [3.63, 3.8) is 0 Å². The number of rotatable bonds is 3. The van der Waals surface area contributed by atoms with Gasteiger partial charge >= 0.3 is 0 Å². The van der Waals surface area contributed by atoms with Gasteiger partial charge in [-0.3, -0.25) is 14.5 Å². The first-order valence-electron chi connectivity index (χ1n) is 10.8. The summed E-state index contributed by atoms with van der Waals surface area (Å²) in [7, 11) is 0. The summed E-state index contributed by atoms with van der Waals surface area (Å²) >= 11 is 0. The van der Waals surface area contributed by atoms with Crippen LogP contribution >= 0.6 is 0 Å². The second-order valence-electron chi connectivity index (χ2n) is 8.34. The van der Waals surface area contributed by atoms with Crippen LogP contribution in [0.5, 0.6) is 0 Å². The van der Waals surface area contributed by atoms with Crippen LogP contribution in [-0.4, -0.2) is 44.8 Å². The van der Waals surface area contributed by atoms with Crippen LogP contribution in [0.2, 0.25) is 0 Å². The number of fused-ring (bicyclic) bond motifs is 1. The number of carbonyl (C=O) groups is 1. The lowest BCUT2D eigenvalue weighted by Gasteiger charge is -2.38. The smallest absolute Gasteiger partial charge is 0.254 e. The van der Waals surface area contributed by atoms with Crippen molar-refractivity contribution in [2.24, 2.45) is 0 Å². The zero-order valence-corrected chi connectivity index (χ0v) is 16.5. The summed E-state index contributed by atoms with van der Waals surface area (Å²) in [6.07, 6.45) is 10.8. The SMILES string of the molecule is CCC(=O)N1CCCCC1c1nc2c(c(=O)[nH]1)CCN(C1CCCCC1)C2. The zero-order valence-electron chi connectivity index (χ0n) is 16.5. The van der Waals surface area contributed by atoms with Crippen molar-refractivity contribution in [2.75, 3.05) is 13.1 Å². The molecule has 0 radical (unpaired) electrons. The summed E-state index contributed by atoms with van der Waals surface area (Å²) in [6.45, 7) is 4.42. The van der Waals surface area contributed by atoms with Gasteiger partial charge in [0, 0.05) is 37.7 Å². The third-order valence-corrected chi connectivity index (χ3v) is 6.65. The summed E-state index contributed by atoms with van der Waals surface area (Å²) < 4.78 is 0. The molecule has 2 aliphatic heterocycles. The second kappa shape index (κ2) is 8.13. The first-order chi connectivity index (χ1) is 13.2. The highest BCUT2D eigenvalue weighted by Gasteiger charge is 2.32. The van der Waals surface area contributed by atoms with E-state index in [-0.39, 0.29) is 17.5 Å². The van der Waals surface area contributed by atoms with Gasteiger partial charge in [0.05, 0.1) is 11.7 Å². The largest absolute Gasteiger partial charge is 0.333 e. The normalized spacial score (nSPS) is 24.6. The Hall–Kier alpha value is -1.69. The fourth-order valence-electron chi connectivity index (χ4n) is 5.11. The monoisotopic (exact) mass is 372 g/mol. The molecular weight excluding hydrogens is 340 g/mol. The molecule has 148 valence electrons. The molecule has 0 bridgehead atoms. The van der Waals surface area contributed by atoms with Crippen molar-refractivity contribution in [3.05, 3.63) is 27.4 Å². The number of hydrogen-bond acceptors (Lipinski definition) is 4. The van der Waals surface area contributed by atoms with Crippen LogP contribution in [0.3, 0.4) is 0 Å². The van der Waals surface area contributed by atoms with Gasteiger partial charge in [0.1, 0.15) is 5.82 Å². The number of H-pyrrole nitrogens is 1. The van der Waals surface area contributed by atoms with Crippen LogP contribution in [-0.2, 0) is 17.8 Å². The molecule has 1 unspecified atom stereocenters. The van der Waals surface area contributed by atoms with Crippen LogP contribution in [0.4, 0.5) is 0 Å². The Kier molecular flexibility index (Phi) is 5.62. The van der Waals surface area contributed by atoms with E-state index in [9.17, 15) is 9.59 Å². The zero-order chi connectivity index (χ0) is 18.8. The van der Waals surface area contributed by atoms with E-state index in [1.165, 1.54) is 32.1 Å². The fraction of sp³-hybridized carbons (Fsp3) is 0.762. The van der Waals surface area contributed by atoms with Gasteiger partial charge in [-0.05, 0) is 38.5 Å². The van der Waals surface area contributed by atoms with Crippen molar-refractivity contribution < 1.29 is 4.79 Å². The summed E-state index contributed by atoms with van der Waals surface area (Å²) in [5, 5.41) is 0. The maximum Gasteiger partial charge on any atom is 0.254 e. The van der Waals surface area contributed by atoms with Crippen molar-refractivity contribution in [1.29, 1.82) is 0 Å². The first-order valence-corrected chi connectivity index (χ1v) is 10.8. The van der Waals surface area contributed by atoms with E-state index in [0.717, 1.165) is 56.6 Å². The van der Waals surface area contributed by atoms with E-state index < -0.39 is 0 Å². The molecule has 0 aromatic carbocycles. The van der Waals surface area contributed by atoms with Gasteiger partial charge in [-0.25, -0.2) is 4.98 Å². The topological polar surface area (TPSA) is 69.3 Å². The molecule has 6 heteroatoms. The lowest BCUT2D eigenvalue weighted by Crippen LogP contribution is -2.44. The maximum absolute atomic E-state index is 12.7. The molecule has 1 atom stereocenters. The van der Waals surface area contributed by atoms with Gasteiger partial charge in [-0.2, -0.15) is 0 Å². The highest BCUT2D eigenvalue weighted by Crippen LogP contribution is 2.31. The third kappa shape index (κ3) is 3.82. The van der Waals surface area contributed by atoms with E-state index in [1.807, 2.05) is 11.8 Å². The number of aromatic nitrogens is 2. The van der Waals surface area contributed by atoms with Gasteiger partial charge in [0.15, 0.2) is 0 Å². The Bertz CT molecular complexity index is 738. The predicted molar refractivity (Wildman–Crippen MR) is 104 cm³/mol. The number of nitrogens with one attached hydrogen (secondary N) is 1. The molecular formula is C21H32N4O2. The van der Waals surface area contributed by atoms with Crippen LogP contribution in [0.1, 0.15) is 87.8 Å². The minimum absolute atomic E-state index is 0.00719. The number of piperidine rings is 1. The first kappa shape index (κ1) is 18.7. The number of likely N-dealkylation sites (tertiary alicyclic amines) is 1. The molecule has 6 nitrogen and oxygen atoms in total. The average Bonchev–Trinajstić information content (AvgIpc) is 2.73. The molecule has 2 fully saturated rings. The summed E-state index contributed by atoms with van der Waals surface area (Å²) in [5.41, 5.74) is 1.81. The summed E-state index contributed by atoms with van der Waals surface area (Å²) in [6, 6.07) is 0.568. The molecule has 0 spiro atoms. The van der Waals surface area contributed by atoms with Crippen molar-refractivity contribution in [3.8, 4) is 0 Å². The van der Waals surface area contributed by atoms with Crippen LogP contribution in [0.15, 0.2) is 4.79 Å². The van der Waals surface area contributed by atoms with E-state index >= 15 is 0 Å². The molecule has 1 saturated heterocycles. The Morgan fingerprint density at radius 3 is 2.67 bits per heavy atom. The Morgan fingerprint density at radius 2 is 1.89 bits per heavy atom. The average molecular weight is 373 g/mol. The molecule has 1 aromatic rings. The van der Waals surface area contributed by atoms with E-state index in [0.29, 0.717) is 18.3 Å². The van der Waals surface area contributed by atoms with Crippen molar-refractivity contribution in [1.82, 2.24) is 19.8 Å². The molecule has 1 amide bonds. The number of aromatic amines is 1. The highest BCUT2D eigenvalue weighted by molar-refractivity contribution is 5.76. The van der Waals surface area contributed by atoms with Gasteiger partial charge < -0.3 is 9.88 Å². The molecule has 1 aliphatic carbocycles.